The van der Waals surface area contributed by atoms with Gasteiger partial charge in [-0.2, -0.15) is 0 Å². The highest BCUT2D eigenvalue weighted by atomic mass is 14.9. The highest BCUT2D eigenvalue weighted by Crippen LogP contribution is 2.56. The predicted octanol–water partition coefficient (Wildman–Crippen LogP) is 13.7. The van der Waals surface area contributed by atoms with Gasteiger partial charge in [-0.1, -0.05) is 183 Å². The van der Waals surface area contributed by atoms with Crippen LogP contribution < -0.4 is 0 Å². The summed E-state index contributed by atoms with van der Waals surface area (Å²) in [6.45, 7) is 0. The third-order valence-corrected chi connectivity index (χ3v) is 11.7. The molecule has 1 aromatic heterocycles. The van der Waals surface area contributed by atoms with Crippen molar-refractivity contribution in [2.45, 2.75) is 37.5 Å². The average Bonchev–Trinajstić information content (AvgIpc) is 3.52. The van der Waals surface area contributed by atoms with E-state index in [0.717, 1.165) is 39.5 Å². The second kappa shape index (κ2) is 13.5. The van der Waals surface area contributed by atoms with Crippen LogP contribution in [0.25, 0.3) is 78.4 Å². The molecule has 54 heavy (non-hydrogen) atoms. The Bertz CT molecular complexity index is 2600. The van der Waals surface area contributed by atoms with Crippen molar-refractivity contribution >= 4 is 0 Å². The van der Waals surface area contributed by atoms with Crippen LogP contribution in [0, 0.1) is 0 Å². The van der Waals surface area contributed by atoms with E-state index in [1.807, 2.05) is 18.2 Å². The van der Waals surface area contributed by atoms with Crippen molar-refractivity contribution in [3.05, 3.63) is 193 Å². The van der Waals surface area contributed by atoms with E-state index in [-0.39, 0.29) is 5.41 Å². The standard InChI is InChI=1S/C52H40N2/c1-4-13-36(14-5-1)37-25-27-40(28-26-37)49-35-50(54-51(53-49)41-15-6-2-7-16-41)44-18-12-17-42(33-44)38-21-23-39(24-22-38)43-29-30-48-46(34-43)45-19-8-9-20-47(45)52(48)31-10-3-11-32-52/h1-2,4-9,12-30,33-35H,3,10-11,31-32H2. The van der Waals surface area contributed by atoms with E-state index < -0.39 is 0 Å². The lowest BCUT2D eigenvalue weighted by atomic mass is 9.68. The van der Waals surface area contributed by atoms with Crippen molar-refractivity contribution in [1.82, 2.24) is 9.97 Å². The van der Waals surface area contributed by atoms with E-state index in [2.05, 4.69) is 164 Å². The molecule has 2 heteroatoms. The minimum Gasteiger partial charge on any atom is -0.228 e. The molecule has 0 amide bonds. The van der Waals surface area contributed by atoms with Gasteiger partial charge in [0.05, 0.1) is 11.4 Å². The fourth-order valence-corrected chi connectivity index (χ4v) is 8.97. The molecular weight excluding hydrogens is 653 g/mol. The van der Waals surface area contributed by atoms with E-state index in [1.165, 1.54) is 76.6 Å². The molecule has 0 atom stereocenters. The van der Waals surface area contributed by atoms with Crippen LogP contribution in [0.3, 0.4) is 0 Å². The van der Waals surface area contributed by atoms with Crippen LogP contribution in [-0.4, -0.2) is 9.97 Å². The van der Waals surface area contributed by atoms with Gasteiger partial charge >= 0.3 is 0 Å². The summed E-state index contributed by atoms with van der Waals surface area (Å²) in [4.78, 5) is 10.2. The van der Waals surface area contributed by atoms with E-state index in [1.54, 1.807) is 5.56 Å². The third kappa shape index (κ3) is 5.76. The molecule has 7 aromatic carbocycles. The Morgan fingerprint density at radius 2 is 0.796 bits per heavy atom. The topological polar surface area (TPSA) is 25.8 Å². The van der Waals surface area contributed by atoms with Gasteiger partial charge in [-0.15, -0.1) is 0 Å². The summed E-state index contributed by atoms with van der Waals surface area (Å²) in [6, 6.07) is 65.7. The smallest absolute Gasteiger partial charge is 0.160 e. The number of aromatic nitrogens is 2. The summed E-state index contributed by atoms with van der Waals surface area (Å²) < 4.78 is 0. The molecule has 1 spiro atoms. The Morgan fingerprint density at radius 3 is 1.50 bits per heavy atom. The molecule has 0 N–H and O–H groups in total. The van der Waals surface area contributed by atoms with Crippen LogP contribution in [-0.2, 0) is 5.41 Å². The first-order valence-corrected chi connectivity index (χ1v) is 19.3. The Hall–Kier alpha value is -6.38. The van der Waals surface area contributed by atoms with Gasteiger partial charge in [0.1, 0.15) is 0 Å². The van der Waals surface area contributed by atoms with E-state index in [4.69, 9.17) is 9.97 Å². The molecule has 258 valence electrons. The van der Waals surface area contributed by atoms with Crippen LogP contribution in [0.4, 0.5) is 0 Å². The zero-order valence-electron chi connectivity index (χ0n) is 30.3. The number of hydrogen-bond donors (Lipinski definition) is 0. The van der Waals surface area contributed by atoms with Crippen LogP contribution in [0.1, 0.15) is 43.2 Å². The largest absolute Gasteiger partial charge is 0.228 e. The average molecular weight is 693 g/mol. The van der Waals surface area contributed by atoms with Crippen LogP contribution in [0.5, 0.6) is 0 Å². The molecule has 0 aliphatic heterocycles. The van der Waals surface area contributed by atoms with E-state index in [0.29, 0.717) is 0 Å². The molecule has 10 rings (SSSR count). The normalized spacial score (nSPS) is 14.1. The second-order valence-corrected chi connectivity index (χ2v) is 14.9. The number of fused-ring (bicyclic) bond motifs is 5. The summed E-state index contributed by atoms with van der Waals surface area (Å²) in [5.74, 6) is 0.719. The number of nitrogens with zero attached hydrogens (tertiary/aromatic N) is 2. The monoisotopic (exact) mass is 692 g/mol. The lowest BCUT2D eigenvalue weighted by Gasteiger charge is -2.36. The number of rotatable bonds is 6. The van der Waals surface area contributed by atoms with Gasteiger partial charge in [-0.25, -0.2) is 9.97 Å². The molecule has 2 aliphatic carbocycles. The summed E-state index contributed by atoms with van der Waals surface area (Å²) in [5, 5.41) is 0. The second-order valence-electron chi connectivity index (χ2n) is 14.9. The maximum absolute atomic E-state index is 5.12. The highest BCUT2D eigenvalue weighted by molar-refractivity contribution is 5.85. The van der Waals surface area contributed by atoms with E-state index >= 15 is 0 Å². The number of hydrogen-bond acceptors (Lipinski definition) is 2. The van der Waals surface area contributed by atoms with Gasteiger partial charge < -0.3 is 0 Å². The van der Waals surface area contributed by atoms with Gasteiger partial charge in [0, 0.05) is 22.1 Å². The molecule has 0 bridgehead atoms. The predicted molar refractivity (Wildman–Crippen MR) is 224 cm³/mol. The fraction of sp³-hybridized carbons (Fsp3) is 0.115. The van der Waals surface area contributed by atoms with Crippen molar-refractivity contribution in [2.75, 3.05) is 0 Å². The first-order chi connectivity index (χ1) is 26.7. The SMILES string of the molecule is c1ccc(-c2ccc(-c3cc(-c4cccc(-c5ccc(-c6ccc7c(c6)-c6ccccc6C76CCCCC6)cc5)c4)nc(-c4ccccc4)n3)cc2)cc1. The molecule has 0 radical (unpaired) electrons. The Kier molecular flexibility index (Phi) is 8.10. The van der Waals surface area contributed by atoms with Crippen molar-refractivity contribution in [3.63, 3.8) is 0 Å². The molecular formula is C52H40N2. The summed E-state index contributed by atoms with van der Waals surface area (Å²) in [5.41, 5.74) is 18.3. The van der Waals surface area contributed by atoms with Crippen molar-refractivity contribution in [1.29, 1.82) is 0 Å². The van der Waals surface area contributed by atoms with E-state index in [9.17, 15) is 0 Å². The quantitative estimate of drug-likeness (QED) is 0.173. The number of benzene rings is 7. The Morgan fingerprint density at radius 1 is 0.315 bits per heavy atom. The van der Waals surface area contributed by atoms with Gasteiger partial charge in [0.25, 0.3) is 0 Å². The first kappa shape index (κ1) is 32.3. The fourth-order valence-electron chi connectivity index (χ4n) is 8.97. The van der Waals surface area contributed by atoms with Gasteiger partial charge in [-0.3, -0.25) is 0 Å². The van der Waals surface area contributed by atoms with Crippen LogP contribution >= 0.6 is 0 Å². The minimum absolute atomic E-state index is 0.191. The highest BCUT2D eigenvalue weighted by Gasteiger charge is 2.43. The first-order valence-electron chi connectivity index (χ1n) is 19.3. The molecule has 2 aliphatic rings. The molecule has 0 saturated heterocycles. The van der Waals surface area contributed by atoms with Gasteiger partial charge in [0.2, 0.25) is 0 Å². The zero-order valence-corrected chi connectivity index (χ0v) is 30.3. The summed E-state index contributed by atoms with van der Waals surface area (Å²) in [7, 11) is 0. The molecule has 1 fully saturated rings. The minimum atomic E-state index is 0.191. The maximum atomic E-state index is 5.12. The summed E-state index contributed by atoms with van der Waals surface area (Å²) in [6.07, 6.45) is 6.50. The van der Waals surface area contributed by atoms with Crippen LogP contribution in [0.2, 0.25) is 0 Å². The van der Waals surface area contributed by atoms with Gasteiger partial charge in [0.15, 0.2) is 5.82 Å². The molecule has 8 aromatic rings. The Balaban J connectivity index is 0.975. The third-order valence-electron chi connectivity index (χ3n) is 11.7. The van der Waals surface area contributed by atoms with Gasteiger partial charge in [-0.05, 0) is 86.7 Å². The molecule has 1 saturated carbocycles. The van der Waals surface area contributed by atoms with Crippen LogP contribution in [0.15, 0.2) is 182 Å². The molecule has 2 nitrogen and oxygen atoms in total. The zero-order chi connectivity index (χ0) is 35.9. The lowest BCUT2D eigenvalue weighted by Crippen LogP contribution is -2.27. The maximum Gasteiger partial charge on any atom is 0.160 e. The van der Waals surface area contributed by atoms with Crippen molar-refractivity contribution < 1.29 is 0 Å². The Labute approximate surface area is 317 Å². The van der Waals surface area contributed by atoms with Crippen molar-refractivity contribution in [2.24, 2.45) is 0 Å². The molecule has 0 unspecified atom stereocenters. The lowest BCUT2D eigenvalue weighted by molar-refractivity contribution is 0.353. The van der Waals surface area contributed by atoms with Crippen molar-refractivity contribution in [3.8, 4) is 78.4 Å². The molecule has 1 heterocycles. The summed E-state index contributed by atoms with van der Waals surface area (Å²) >= 11 is 0.